The maximum absolute atomic E-state index is 12.4. The molecular formula is C19H18BrNO4. The number of fused-ring (bicyclic) bond motifs is 1. The van der Waals surface area contributed by atoms with Gasteiger partial charge in [-0.25, -0.2) is 4.79 Å². The molecule has 2 aromatic rings. The maximum Gasteiger partial charge on any atom is 0.344 e. The smallest absolute Gasteiger partial charge is 0.344 e. The summed E-state index contributed by atoms with van der Waals surface area (Å²) in [6, 6.07) is 15.0. The molecule has 0 unspecified atom stereocenters. The van der Waals surface area contributed by atoms with Crippen LogP contribution in [-0.4, -0.2) is 31.1 Å². The van der Waals surface area contributed by atoms with Gasteiger partial charge in [-0.1, -0.05) is 34.1 Å². The molecule has 0 aliphatic carbocycles. The molecule has 2 aromatic carbocycles. The highest BCUT2D eigenvalue weighted by Gasteiger charge is 2.30. The van der Waals surface area contributed by atoms with Gasteiger partial charge in [0.25, 0.3) is 5.91 Å². The van der Waals surface area contributed by atoms with Gasteiger partial charge in [-0.3, -0.25) is 4.79 Å². The number of amides is 1. The Morgan fingerprint density at radius 3 is 2.60 bits per heavy atom. The van der Waals surface area contributed by atoms with Crippen molar-refractivity contribution in [2.45, 2.75) is 19.4 Å². The van der Waals surface area contributed by atoms with Gasteiger partial charge in [-0.15, -0.1) is 0 Å². The summed E-state index contributed by atoms with van der Waals surface area (Å²) in [5.41, 5.74) is 2.02. The average molecular weight is 404 g/mol. The number of anilines is 1. The number of para-hydroxylation sites is 1. The van der Waals surface area contributed by atoms with Crippen molar-refractivity contribution in [3.05, 3.63) is 58.6 Å². The molecule has 130 valence electrons. The van der Waals surface area contributed by atoms with Gasteiger partial charge in [0.05, 0.1) is 0 Å². The first-order chi connectivity index (χ1) is 12.0. The summed E-state index contributed by atoms with van der Waals surface area (Å²) >= 11 is 3.33. The molecule has 0 saturated carbocycles. The van der Waals surface area contributed by atoms with Gasteiger partial charge in [0.1, 0.15) is 5.75 Å². The van der Waals surface area contributed by atoms with Crippen LogP contribution in [-0.2, 0) is 20.7 Å². The van der Waals surface area contributed by atoms with Crippen LogP contribution in [0.4, 0.5) is 5.69 Å². The lowest BCUT2D eigenvalue weighted by Crippen LogP contribution is -2.39. The zero-order valence-corrected chi connectivity index (χ0v) is 15.4. The number of nitrogens with zero attached hydrogens (tertiary/aromatic N) is 1. The van der Waals surface area contributed by atoms with Crippen molar-refractivity contribution in [3.63, 3.8) is 0 Å². The zero-order valence-electron chi connectivity index (χ0n) is 13.8. The standard InChI is InChI=1S/C19H18BrNO4/c1-13-10-14-4-2-3-5-17(14)21(13)18(22)11-25-19(23)12-24-16-8-6-15(20)7-9-16/h2-9,13H,10-12H2,1H3/t13-/m1/s1. The molecule has 0 aromatic heterocycles. The Kier molecular flexibility index (Phi) is 5.38. The molecule has 3 rings (SSSR count). The van der Waals surface area contributed by atoms with E-state index in [-0.39, 0.29) is 25.2 Å². The van der Waals surface area contributed by atoms with Gasteiger partial charge in [-0.05, 0) is 49.2 Å². The number of carbonyl (C=O) groups excluding carboxylic acids is 2. The lowest BCUT2D eigenvalue weighted by atomic mass is 10.1. The van der Waals surface area contributed by atoms with E-state index in [1.54, 1.807) is 17.0 Å². The third-order valence-corrected chi connectivity index (χ3v) is 4.53. The Hall–Kier alpha value is -2.34. The van der Waals surface area contributed by atoms with Crippen LogP contribution in [0.3, 0.4) is 0 Å². The average Bonchev–Trinajstić information content (AvgIpc) is 2.95. The Morgan fingerprint density at radius 2 is 1.84 bits per heavy atom. The van der Waals surface area contributed by atoms with Crippen LogP contribution in [0.15, 0.2) is 53.0 Å². The number of hydrogen-bond acceptors (Lipinski definition) is 4. The molecule has 0 N–H and O–H groups in total. The van der Waals surface area contributed by atoms with Gasteiger partial charge in [0.15, 0.2) is 13.2 Å². The highest BCUT2D eigenvalue weighted by molar-refractivity contribution is 9.10. The van der Waals surface area contributed by atoms with Crippen LogP contribution < -0.4 is 9.64 Å². The van der Waals surface area contributed by atoms with Crippen LogP contribution >= 0.6 is 15.9 Å². The second-order valence-corrected chi connectivity index (χ2v) is 6.76. The minimum atomic E-state index is -0.573. The third-order valence-electron chi connectivity index (χ3n) is 4.00. The van der Waals surface area contributed by atoms with Crippen LogP contribution in [0, 0.1) is 0 Å². The summed E-state index contributed by atoms with van der Waals surface area (Å²) in [5.74, 6) is -0.237. The van der Waals surface area contributed by atoms with E-state index in [4.69, 9.17) is 9.47 Å². The lowest BCUT2D eigenvalue weighted by molar-refractivity contribution is -0.149. The first-order valence-corrected chi connectivity index (χ1v) is 8.78. The molecule has 0 fully saturated rings. The Morgan fingerprint density at radius 1 is 1.12 bits per heavy atom. The Balaban J connectivity index is 1.50. The molecule has 1 amide bonds. The highest BCUT2D eigenvalue weighted by Crippen LogP contribution is 2.31. The van der Waals surface area contributed by atoms with Crippen molar-refractivity contribution in [2.75, 3.05) is 18.1 Å². The number of halogens is 1. The van der Waals surface area contributed by atoms with Crippen LogP contribution in [0.1, 0.15) is 12.5 Å². The maximum atomic E-state index is 12.4. The topological polar surface area (TPSA) is 55.8 Å². The quantitative estimate of drug-likeness (QED) is 0.718. The van der Waals surface area contributed by atoms with Crippen molar-refractivity contribution in [1.29, 1.82) is 0 Å². The predicted octanol–water partition coefficient (Wildman–Crippen LogP) is 3.35. The van der Waals surface area contributed by atoms with Crippen molar-refractivity contribution in [3.8, 4) is 5.75 Å². The lowest BCUT2D eigenvalue weighted by Gasteiger charge is -2.22. The van der Waals surface area contributed by atoms with Gasteiger partial charge in [0.2, 0.25) is 0 Å². The number of esters is 1. The van der Waals surface area contributed by atoms with Crippen molar-refractivity contribution >= 4 is 33.5 Å². The molecule has 1 aliphatic rings. The molecule has 1 heterocycles. The van der Waals surface area contributed by atoms with Gasteiger partial charge < -0.3 is 14.4 Å². The molecule has 25 heavy (non-hydrogen) atoms. The number of carbonyl (C=O) groups is 2. The van der Waals surface area contributed by atoms with Crippen molar-refractivity contribution < 1.29 is 19.1 Å². The van der Waals surface area contributed by atoms with E-state index in [0.717, 1.165) is 22.1 Å². The van der Waals surface area contributed by atoms with E-state index in [9.17, 15) is 9.59 Å². The molecule has 5 nitrogen and oxygen atoms in total. The number of rotatable bonds is 5. The third kappa shape index (κ3) is 4.20. The fraction of sp³-hybridized carbons (Fsp3) is 0.263. The number of benzene rings is 2. The van der Waals surface area contributed by atoms with Crippen LogP contribution in [0.25, 0.3) is 0 Å². The minimum Gasteiger partial charge on any atom is -0.482 e. The predicted molar refractivity (Wildman–Crippen MR) is 97.7 cm³/mol. The van der Waals surface area contributed by atoms with Gasteiger partial charge in [0, 0.05) is 16.2 Å². The first-order valence-electron chi connectivity index (χ1n) is 7.98. The number of ether oxygens (including phenoxy) is 2. The Bertz CT molecular complexity index is 775. The molecule has 1 atom stereocenters. The summed E-state index contributed by atoms with van der Waals surface area (Å²) in [7, 11) is 0. The molecule has 6 heteroatoms. The van der Waals surface area contributed by atoms with E-state index < -0.39 is 5.97 Å². The SMILES string of the molecule is C[C@@H]1Cc2ccccc2N1C(=O)COC(=O)COc1ccc(Br)cc1. The van der Waals surface area contributed by atoms with E-state index in [1.807, 2.05) is 43.3 Å². The highest BCUT2D eigenvalue weighted by atomic mass is 79.9. The fourth-order valence-electron chi connectivity index (χ4n) is 2.87. The largest absolute Gasteiger partial charge is 0.482 e. The van der Waals surface area contributed by atoms with Crippen LogP contribution in [0.5, 0.6) is 5.75 Å². The summed E-state index contributed by atoms with van der Waals surface area (Å²) in [6.07, 6.45) is 0.808. The summed E-state index contributed by atoms with van der Waals surface area (Å²) in [5, 5.41) is 0. The molecule has 0 radical (unpaired) electrons. The van der Waals surface area contributed by atoms with Crippen molar-refractivity contribution in [1.82, 2.24) is 0 Å². The fourth-order valence-corrected chi connectivity index (χ4v) is 3.14. The van der Waals surface area contributed by atoms with Crippen molar-refractivity contribution in [2.24, 2.45) is 0 Å². The molecular weight excluding hydrogens is 386 g/mol. The van der Waals surface area contributed by atoms with Gasteiger partial charge in [-0.2, -0.15) is 0 Å². The zero-order chi connectivity index (χ0) is 17.8. The minimum absolute atomic E-state index is 0.0580. The first kappa shape index (κ1) is 17.5. The van der Waals surface area contributed by atoms with E-state index in [2.05, 4.69) is 15.9 Å². The summed E-state index contributed by atoms with van der Waals surface area (Å²) in [4.78, 5) is 25.9. The van der Waals surface area contributed by atoms with E-state index in [1.165, 1.54) is 0 Å². The van der Waals surface area contributed by atoms with E-state index >= 15 is 0 Å². The summed E-state index contributed by atoms with van der Waals surface area (Å²) in [6.45, 7) is 1.46. The monoisotopic (exact) mass is 403 g/mol. The second-order valence-electron chi connectivity index (χ2n) is 5.85. The molecule has 0 spiro atoms. The number of hydrogen-bond donors (Lipinski definition) is 0. The van der Waals surface area contributed by atoms with Crippen LogP contribution in [0.2, 0.25) is 0 Å². The normalized spacial score (nSPS) is 15.6. The molecule has 0 bridgehead atoms. The second kappa shape index (κ2) is 7.70. The Labute approximate surface area is 154 Å². The van der Waals surface area contributed by atoms with Gasteiger partial charge >= 0.3 is 5.97 Å². The summed E-state index contributed by atoms with van der Waals surface area (Å²) < 4.78 is 11.3. The van der Waals surface area contributed by atoms with E-state index in [0.29, 0.717) is 5.75 Å². The molecule has 1 aliphatic heterocycles. The molecule has 0 saturated heterocycles.